The zero-order chi connectivity index (χ0) is 19.5. The van der Waals surface area contributed by atoms with Gasteiger partial charge in [0.15, 0.2) is 11.5 Å². The molecule has 4 rings (SSSR count). The van der Waals surface area contributed by atoms with Crippen molar-refractivity contribution >= 4 is 17.5 Å². The maximum Gasteiger partial charge on any atom is 0.287 e. The Morgan fingerprint density at radius 2 is 1.96 bits per heavy atom. The van der Waals surface area contributed by atoms with Crippen molar-refractivity contribution in [3.8, 4) is 0 Å². The van der Waals surface area contributed by atoms with Crippen molar-refractivity contribution in [1.82, 2.24) is 14.9 Å². The Bertz CT molecular complexity index is 993. The SMILES string of the molecule is O=C(Nc1ccc(F)cc1)c1nc(C(=O)NCc2ccco2)n2c1CCCC2. The molecule has 7 nitrogen and oxygen atoms in total. The Balaban J connectivity index is 1.56. The number of fused-ring (bicyclic) bond motifs is 1. The summed E-state index contributed by atoms with van der Waals surface area (Å²) in [4.78, 5) is 29.7. The summed E-state index contributed by atoms with van der Waals surface area (Å²) in [5.41, 5.74) is 1.44. The number of carbonyl (C=O) groups is 2. The van der Waals surface area contributed by atoms with Gasteiger partial charge in [0.25, 0.3) is 11.8 Å². The van der Waals surface area contributed by atoms with Crippen molar-refractivity contribution in [3.05, 3.63) is 71.5 Å². The minimum atomic E-state index is -0.414. The molecule has 1 aromatic carbocycles. The molecule has 0 atom stereocenters. The Morgan fingerprint density at radius 1 is 1.14 bits per heavy atom. The number of rotatable bonds is 5. The summed E-state index contributed by atoms with van der Waals surface area (Å²) in [6.07, 6.45) is 4.05. The average Bonchev–Trinajstić information content (AvgIpc) is 3.36. The first-order valence-corrected chi connectivity index (χ1v) is 9.09. The molecule has 0 aliphatic carbocycles. The fourth-order valence-corrected chi connectivity index (χ4v) is 3.28. The van der Waals surface area contributed by atoms with Gasteiger partial charge in [-0.25, -0.2) is 9.37 Å². The molecule has 0 spiro atoms. The van der Waals surface area contributed by atoms with Crippen LogP contribution in [0.4, 0.5) is 10.1 Å². The topological polar surface area (TPSA) is 89.2 Å². The van der Waals surface area contributed by atoms with Gasteiger partial charge in [-0.05, 0) is 55.7 Å². The highest BCUT2D eigenvalue weighted by Crippen LogP contribution is 2.22. The van der Waals surface area contributed by atoms with Crippen LogP contribution in [0.25, 0.3) is 0 Å². The monoisotopic (exact) mass is 382 g/mol. The Hall–Kier alpha value is -3.42. The second-order valence-electron chi connectivity index (χ2n) is 6.56. The van der Waals surface area contributed by atoms with Gasteiger partial charge in [-0.15, -0.1) is 0 Å². The van der Waals surface area contributed by atoms with Crippen LogP contribution in [0.3, 0.4) is 0 Å². The summed E-state index contributed by atoms with van der Waals surface area (Å²) in [5.74, 6) is -0.311. The number of hydrogen-bond acceptors (Lipinski definition) is 4. The summed E-state index contributed by atoms with van der Waals surface area (Å²) in [6, 6.07) is 9.01. The van der Waals surface area contributed by atoms with Gasteiger partial charge in [-0.3, -0.25) is 9.59 Å². The van der Waals surface area contributed by atoms with Crippen molar-refractivity contribution in [2.75, 3.05) is 5.32 Å². The van der Waals surface area contributed by atoms with E-state index in [-0.39, 0.29) is 29.8 Å². The molecule has 3 heterocycles. The molecule has 3 aromatic rings. The van der Waals surface area contributed by atoms with Gasteiger partial charge in [0.05, 0.1) is 18.5 Å². The highest BCUT2D eigenvalue weighted by Gasteiger charge is 2.27. The summed E-state index contributed by atoms with van der Waals surface area (Å²) >= 11 is 0. The standard InChI is InChI=1S/C20H19FN4O3/c21-13-6-8-14(9-7-13)23-19(26)17-16-5-1-2-10-25(16)18(24-17)20(27)22-12-15-4-3-11-28-15/h3-4,6-9,11H,1-2,5,10,12H2,(H,22,27)(H,23,26). The minimum Gasteiger partial charge on any atom is -0.467 e. The van der Waals surface area contributed by atoms with E-state index in [2.05, 4.69) is 15.6 Å². The molecule has 2 aromatic heterocycles. The number of nitrogens with one attached hydrogen (secondary N) is 2. The molecule has 2 N–H and O–H groups in total. The molecular formula is C20H19FN4O3. The Morgan fingerprint density at radius 3 is 2.71 bits per heavy atom. The number of anilines is 1. The molecule has 0 bridgehead atoms. The summed E-state index contributed by atoms with van der Waals surface area (Å²) in [7, 11) is 0. The second kappa shape index (κ2) is 7.67. The first kappa shape index (κ1) is 18.0. The molecule has 0 fully saturated rings. The fraction of sp³-hybridized carbons (Fsp3) is 0.250. The van der Waals surface area contributed by atoms with Crippen LogP contribution in [0.5, 0.6) is 0 Å². The number of carbonyl (C=O) groups excluding carboxylic acids is 2. The molecule has 144 valence electrons. The van der Waals surface area contributed by atoms with Crippen LogP contribution < -0.4 is 10.6 Å². The van der Waals surface area contributed by atoms with E-state index in [4.69, 9.17) is 4.42 Å². The molecular weight excluding hydrogens is 363 g/mol. The van der Waals surface area contributed by atoms with Crippen LogP contribution in [0, 0.1) is 5.82 Å². The first-order valence-electron chi connectivity index (χ1n) is 9.09. The second-order valence-corrected chi connectivity index (χ2v) is 6.56. The summed E-state index contributed by atoms with van der Waals surface area (Å²) in [5, 5.41) is 5.48. The van der Waals surface area contributed by atoms with Gasteiger partial charge in [-0.1, -0.05) is 0 Å². The van der Waals surface area contributed by atoms with Crippen molar-refractivity contribution < 1.29 is 18.4 Å². The average molecular weight is 382 g/mol. The summed E-state index contributed by atoms with van der Waals surface area (Å²) in [6.45, 7) is 0.876. The van der Waals surface area contributed by atoms with E-state index < -0.39 is 5.91 Å². The smallest absolute Gasteiger partial charge is 0.287 e. The predicted octanol–water partition coefficient (Wildman–Crippen LogP) is 3.13. The van der Waals surface area contributed by atoms with Crippen LogP contribution in [-0.4, -0.2) is 21.4 Å². The molecule has 1 aliphatic heterocycles. The van der Waals surface area contributed by atoms with Gasteiger partial charge in [0, 0.05) is 12.2 Å². The summed E-state index contributed by atoms with van der Waals surface area (Å²) < 4.78 is 20.1. The van der Waals surface area contributed by atoms with E-state index in [0.29, 0.717) is 24.4 Å². The van der Waals surface area contributed by atoms with Crippen LogP contribution in [0.15, 0.2) is 47.1 Å². The van der Waals surface area contributed by atoms with Crippen molar-refractivity contribution in [1.29, 1.82) is 0 Å². The molecule has 0 saturated heterocycles. The highest BCUT2D eigenvalue weighted by molar-refractivity contribution is 6.05. The van der Waals surface area contributed by atoms with E-state index in [1.807, 2.05) is 0 Å². The molecule has 28 heavy (non-hydrogen) atoms. The largest absolute Gasteiger partial charge is 0.467 e. The van der Waals surface area contributed by atoms with Crippen LogP contribution in [-0.2, 0) is 19.5 Å². The zero-order valence-corrected chi connectivity index (χ0v) is 15.1. The lowest BCUT2D eigenvalue weighted by atomic mass is 10.1. The molecule has 0 saturated carbocycles. The number of amides is 2. The third kappa shape index (κ3) is 3.66. The number of nitrogens with zero attached hydrogens (tertiary/aromatic N) is 2. The van der Waals surface area contributed by atoms with E-state index in [9.17, 15) is 14.0 Å². The Labute approximate surface area is 160 Å². The molecule has 1 aliphatic rings. The predicted molar refractivity (Wildman–Crippen MR) is 99.4 cm³/mol. The lowest BCUT2D eigenvalue weighted by Gasteiger charge is -2.17. The minimum absolute atomic E-state index is 0.213. The maximum absolute atomic E-state index is 13.1. The van der Waals surface area contributed by atoms with Gasteiger partial charge in [0.2, 0.25) is 0 Å². The van der Waals surface area contributed by atoms with Crippen molar-refractivity contribution in [2.24, 2.45) is 0 Å². The molecule has 8 heteroatoms. The van der Waals surface area contributed by atoms with Crippen LogP contribution in [0.1, 0.15) is 45.4 Å². The van der Waals surface area contributed by atoms with Crippen molar-refractivity contribution in [3.63, 3.8) is 0 Å². The van der Waals surface area contributed by atoms with Crippen LogP contribution >= 0.6 is 0 Å². The first-order chi connectivity index (χ1) is 13.6. The van der Waals surface area contributed by atoms with Gasteiger partial charge in [0.1, 0.15) is 11.6 Å². The number of aromatic nitrogens is 2. The fourth-order valence-electron chi connectivity index (χ4n) is 3.28. The van der Waals surface area contributed by atoms with Gasteiger partial charge >= 0.3 is 0 Å². The normalized spacial score (nSPS) is 13.0. The highest BCUT2D eigenvalue weighted by atomic mass is 19.1. The third-order valence-electron chi connectivity index (χ3n) is 4.64. The molecule has 0 radical (unpaired) electrons. The van der Waals surface area contributed by atoms with Crippen molar-refractivity contribution in [2.45, 2.75) is 32.4 Å². The molecule has 2 amide bonds. The zero-order valence-electron chi connectivity index (χ0n) is 15.1. The van der Waals surface area contributed by atoms with E-state index >= 15 is 0 Å². The lowest BCUT2D eigenvalue weighted by Crippen LogP contribution is -2.27. The number of furan rings is 1. The lowest BCUT2D eigenvalue weighted by molar-refractivity contribution is 0.0932. The number of benzene rings is 1. The third-order valence-corrected chi connectivity index (χ3v) is 4.64. The van der Waals surface area contributed by atoms with Crippen LogP contribution in [0.2, 0.25) is 0 Å². The van der Waals surface area contributed by atoms with Gasteiger partial charge < -0.3 is 19.6 Å². The number of imidazole rings is 1. The van der Waals surface area contributed by atoms with Gasteiger partial charge in [-0.2, -0.15) is 0 Å². The number of halogens is 1. The quantitative estimate of drug-likeness (QED) is 0.710. The van der Waals surface area contributed by atoms with E-state index in [1.54, 1.807) is 16.7 Å². The van der Waals surface area contributed by atoms with E-state index in [1.165, 1.54) is 30.5 Å². The molecule has 0 unspecified atom stereocenters. The van der Waals surface area contributed by atoms with E-state index in [0.717, 1.165) is 18.5 Å². The number of hydrogen-bond donors (Lipinski definition) is 2. The Kier molecular flexibility index (Phi) is 4.92. The maximum atomic E-state index is 13.1.